The number of amides is 3. The summed E-state index contributed by atoms with van der Waals surface area (Å²) < 4.78 is 6.59. The van der Waals surface area contributed by atoms with Gasteiger partial charge >= 0.3 is 107 Å². The van der Waals surface area contributed by atoms with Crippen LogP contribution in [0.1, 0.15) is 19.3 Å². The summed E-state index contributed by atoms with van der Waals surface area (Å²) >= 11 is 1.67. The first kappa shape index (κ1) is 19.7. The number of nitrogens with zero attached hydrogens (tertiary/aromatic N) is 1. The monoisotopic (exact) mass is 443 g/mol. The molecule has 3 amide bonds. The molecule has 8 heteroatoms. The van der Waals surface area contributed by atoms with Crippen molar-refractivity contribution < 1.29 is 40.3 Å². The molecule has 0 aromatic rings. The van der Waals surface area contributed by atoms with E-state index in [0.29, 0.717) is 34.4 Å². The van der Waals surface area contributed by atoms with E-state index >= 15 is 0 Å². The summed E-state index contributed by atoms with van der Waals surface area (Å²) in [6, 6.07) is 0. The summed E-state index contributed by atoms with van der Waals surface area (Å²) in [7, 11) is 0. The average molecular weight is 443 g/mol. The Morgan fingerprint density at radius 1 is 1.45 bits per heavy atom. The van der Waals surface area contributed by atoms with Crippen LogP contribution in [0.2, 0.25) is 0 Å². The Morgan fingerprint density at radius 3 is 2.86 bits per heavy atom. The SMILES string of the molecule is CSC1CC(=O)N(CCC(=O)NCCCOCC[I-]C)C1=O. The molecule has 0 bridgehead atoms. The predicted molar refractivity (Wildman–Crippen MR) is 82.5 cm³/mol. The molecular formula is C14H24IN2O4S-. The summed E-state index contributed by atoms with van der Waals surface area (Å²) in [6.07, 6.45) is 3.01. The fraction of sp³-hybridized carbons (Fsp3) is 0.786. The number of hydrogen-bond donors (Lipinski definition) is 1. The number of ether oxygens (including phenoxy) is 1. The minimum Gasteiger partial charge on any atom is -0.273 e. The maximum absolute atomic E-state index is 11.9. The molecule has 0 aromatic carbocycles. The van der Waals surface area contributed by atoms with Gasteiger partial charge in [-0.3, -0.25) is 9.59 Å². The van der Waals surface area contributed by atoms with E-state index in [9.17, 15) is 14.4 Å². The number of likely N-dealkylation sites (tertiary alicyclic amines) is 1. The molecule has 1 aliphatic rings. The van der Waals surface area contributed by atoms with Crippen molar-refractivity contribution in [1.29, 1.82) is 0 Å². The van der Waals surface area contributed by atoms with E-state index in [1.165, 1.54) is 21.1 Å². The Kier molecular flexibility index (Phi) is 10.1. The van der Waals surface area contributed by atoms with Crippen molar-refractivity contribution in [2.45, 2.75) is 24.5 Å². The molecule has 1 rings (SSSR count). The van der Waals surface area contributed by atoms with Crippen LogP contribution in [-0.4, -0.2) is 69.8 Å². The minimum absolute atomic E-state index is 0.132. The van der Waals surface area contributed by atoms with E-state index in [2.05, 4.69) is 10.2 Å². The van der Waals surface area contributed by atoms with Crippen LogP contribution < -0.4 is 26.5 Å². The standard InChI is InChI=1S/C14H24IN2O4S/c1-15-5-9-21-8-3-6-16-12(18)4-7-17-13(19)10-11(22-2)14(17)20/h11H,3-10H2,1-2H3,(H,16,18)/q-1. The molecule has 1 saturated heterocycles. The van der Waals surface area contributed by atoms with Crippen molar-refractivity contribution in [2.24, 2.45) is 0 Å². The number of halogens is 1. The van der Waals surface area contributed by atoms with Crippen LogP contribution in [0.3, 0.4) is 0 Å². The van der Waals surface area contributed by atoms with Crippen LogP contribution in [-0.2, 0) is 19.1 Å². The van der Waals surface area contributed by atoms with Crippen LogP contribution in [0.15, 0.2) is 0 Å². The summed E-state index contributed by atoms with van der Waals surface area (Å²) in [6.45, 7) is 2.21. The summed E-state index contributed by atoms with van der Waals surface area (Å²) in [5, 5.41) is 2.51. The van der Waals surface area contributed by atoms with Gasteiger partial charge in [-0.15, -0.1) is 0 Å². The van der Waals surface area contributed by atoms with Gasteiger partial charge in [0, 0.05) is 6.42 Å². The molecule has 1 heterocycles. The second-order valence-electron chi connectivity index (χ2n) is 4.83. The van der Waals surface area contributed by atoms with Gasteiger partial charge in [-0.25, -0.2) is 0 Å². The second-order valence-corrected chi connectivity index (χ2v) is 8.48. The molecule has 0 aliphatic carbocycles. The zero-order chi connectivity index (χ0) is 16.4. The molecule has 1 fully saturated rings. The number of thioether (sulfide) groups is 1. The molecule has 0 aromatic heterocycles. The van der Waals surface area contributed by atoms with E-state index < -0.39 is 0 Å². The number of nitrogens with one attached hydrogen (secondary N) is 1. The van der Waals surface area contributed by atoms with Crippen molar-refractivity contribution in [3.63, 3.8) is 0 Å². The van der Waals surface area contributed by atoms with E-state index in [-0.39, 0.29) is 42.4 Å². The molecule has 6 nitrogen and oxygen atoms in total. The summed E-state index contributed by atoms with van der Waals surface area (Å²) in [5.41, 5.74) is 0. The maximum atomic E-state index is 11.9. The van der Waals surface area contributed by atoms with Crippen LogP contribution in [0.4, 0.5) is 0 Å². The molecule has 0 radical (unpaired) electrons. The van der Waals surface area contributed by atoms with Gasteiger partial charge in [0.1, 0.15) is 0 Å². The second kappa shape index (κ2) is 11.2. The Balaban J connectivity index is 2.11. The minimum atomic E-state index is -0.279. The predicted octanol–water partition coefficient (Wildman–Crippen LogP) is -2.89. The van der Waals surface area contributed by atoms with E-state index in [1.807, 2.05) is 6.26 Å². The Morgan fingerprint density at radius 2 is 2.23 bits per heavy atom. The van der Waals surface area contributed by atoms with Gasteiger partial charge < -0.3 is 0 Å². The molecule has 128 valence electrons. The fourth-order valence-electron chi connectivity index (χ4n) is 2.01. The summed E-state index contributed by atoms with van der Waals surface area (Å²) in [4.78, 5) is 38.7. The average Bonchev–Trinajstić information content (AvgIpc) is 2.78. The van der Waals surface area contributed by atoms with Gasteiger partial charge in [0.05, 0.1) is 5.25 Å². The number of imide groups is 1. The van der Waals surface area contributed by atoms with Crippen molar-refractivity contribution >= 4 is 29.5 Å². The molecule has 22 heavy (non-hydrogen) atoms. The first-order valence-corrected chi connectivity index (χ1v) is 12.2. The third-order valence-corrected chi connectivity index (χ3v) is 5.70. The van der Waals surface area contributed by atoms with E-state index in [1.54, 1.807) is 0 Å². The van der Waals surface area contributed by atoms with Gasteiger partial charge in [-0.05, 0) is 6.26 Å². The number of carbonyl (C=O) groups is 3. The Bertz CT molecular complexity index is 395. The third-order valence-electron chi connectivity index (χ3n) is 3.25. The van der Waals surface area contributed by atoms with Crippen molar-refractivity contribution in [3.05, 3.63) is 0 Å². The van der Waals surface area contributed by atoms with Crippen LogP contribution in [0, 0.1) is 0 Å². The molecule has 1 N–H and O–H groups in total. The van der Waals surface area contributed by atoms with Crippen molar-refractivity contribution in [1.82, 2.24) is 10.2 Å². The molecule has 1 atom stereocenters. The number of rotatable bonds is 11. The van der Waals surface area contributed by atoms with E-state index in [0.717, 1.165) is 13.0 Å². The topological polar surface area (TPSA) is 75.7 Å². The van der Waals surface area contributed by atoms with Crippen LogP contribution >= 0.6 is 11.8 Å². The van der Waals surface area contributed by atoms with Crippen molar-refractivity contribution in [3.8, 4) is 0 Å². The Labute approximate surface area is 146 Å². The fourth-order valence-corrected chi connectivity index (χ4v) is 3.40. The van der Waals surface area contributed by atoms with Gasteiger partial charge in [0.2, 0.25) is 0 Å². The summed E-state index contributed by atoms with van der Waals surface area (Å²) in [5.74, 6) is -0.477. The van der Waals surface area contributed by atoms with Gasteiger partial charge in [0.15, 0.2) is 0 Å². The number of alkyl halides is 2. The third kappa shape index (κ3) is 6.82. The zero-order valence-corrected chi connectivity index (χ0v) is 16.1. The number of carbonyl (C=O) groups excluding carboxylic acids is 3. The quantitative estimate of drug-likeness (QED) is 0.161. The molecular weight excluding hydrogens is 419 g/mol. The smallest absolute Gasteiger partial charge is 0.273 e. The molecule has 1 unspecified atom stereocenters. The molecule has 1 aliphatic heterocycles. The first-order valence-electron chi connectivity index (χ1n) is 7.25. The molecule has 0 spiro atoms. The van der Waals surface area contributed by atoms with Gasteiger partial charge in [-0.1, -0.05) is 0 Å². The number of hydrogen-bond acceptors (Lipinski definition) is 5. The molecule has 0 saturated carbocycles. The van der Waals surface area contributed by atoms with Crippen LogP contribution in [0.25, 0.3) is 0 Å². The van der Waals surface area contributed by atoms with E-state index in [4.69, 9.17) is 4.74 Å². The first-order chi connectivity index (χ1) is 10.6. The van der Waals surface area contributed by atoms with Crippen molar-refractivity contribution in [2.75, 3.05) is 41.9 Å². The normalized spacial score (nSPS) is 18.3. The Hall–Kier alpha value is -0.350. The zero-order valence-electron chi connectivity index (χ0n) is 13.1. The van der Waals surface area contributed by atoms with Gasteiger partial charge in [-0.2, -0.15) is 11.8 Å². The van der Waals surface area contributed by atoms with Gasteiger partial charge in [0.25, 0.3) is 0 Å². The van der Waals surface area contributed by atoms with Crippen LogP contribution in [0.5, 0.6) is 0 Å².